The largest absolute Gasteiger partial charge is 0.461 e. The lowest BCUT2D eigenvalue weighted by Crippen LogP contribution is -2.07. The Kier molecular flexibility index (Phi) is 5.30. The van der Waals surface area contributed by atoms with Crippen LogP contribution in [0.15, 0.2) is 60.9 Å². The number of rotatable bonds is 5. The zero-order valence-electron chi connectivity index (χ0n) is 15.9. The van der Waals surface area contributed by atoms with E-state index in [-0.39, 0.29) is 23.6 Å². The minimum Gasteiger partial charge on any atom is -0.461 e. The van der Waals surface area contributed by atoms with E-state index in [0.717, 1.165) is 18.2 Å². The van der Waals surface area contributed by atoms with Gasteiger partial charge in [0.1, 0.15) is 17.3 Å². The number of halogens is 2. The fraction of sp³-hybridized carbons (Fsp3) is 0.0909. The average Bonchev–Trinajstić information content (AvgIpc) is 2.76. The Bertz CT molecular complexity index is 1250. The molecule has 0 radical (unpaired) electrons. The van der Waals surface area contributed by atoms with Crippen molar-refractivity contribution >= 4 is 28.4 Å². The van der Waals surface area contributed by atoms with Crippen molar-refractivity contribution in [1.82, 2.24) is 15.0 Å². The fourth-order valence-electron chi connectivity index (χ4n) is 2.97. The lowest BCUT2D eigenvalue weighted by Gasteiger charge is -2.13. The summed E-state index contributed by atoms with van der Waals surface area (Å²) in [7, 11) is 0. The number of carbonyl (C=O) groups is 1. The maximum absolute atomic E-state index is 14.3. The lowest BCUT2D eigenvalue weighted by atomic mass is 10.1. The van der Waals surface area contributed by atoms with Crippen LogP contribution in [0.1, 0.15) is 17.4 Å². The van der Waals surface area contributed by atoms with Crippen molar-refractivity contribution in [2.75, 3.05) is 11.9 Å². The van der Waals surface area contributed by atoms with Gasteiger partial charge in [0, 0.05) is 29.0 Å². The molecular weight excluding hydrogens is 390 g/mol. The summed E-state index contributed by atoms with van der Waals surface area (Å²) in [6.45, 7) is 1.95. The van der Waals surface area contributed by atoms with Crippen LogP contribution in [0.5, 0.6) is 0 Å². The van der Waals surface area contributed by atoms with Gasteiger partial charge in [0.2, 0.25) is 0 Å². The predicted octanol–water partition coefficient (Wildman–Crippen LogP) is 4.89. The number of ether oxygens (including phenoxy) is 1. The summed E-state index contributed by atoms with van der Waals surface area (Å²) < 4.78 is 33.0. The van der Waals surface area contributed by atoms with E-state index in [2.05, 4.69) is 20.3 Å². The topological polar surface area (TPSA) is 77.0 Å². The Labute approximate surface area is 170 Å². The third-order valence-corrected chi connectivity index (χ3v) is 4.31. The summed E-state index contributed by atoms with van der Waals surface area (Å²) in [6, 6.07) is 11.6. The smallest absolute Gasteiger partial charge is 0.356 e. The lowest BCUT2D eigenvalue weighted by molar-refractivity contribution is 0.0519. The van der Waals surface area contributed by atoms with Crippen LogP contribution in [-0.4, -0.2) is 27.5 Å². The van der Waals surface area contributed by atoms with Crippen LogP contribution in [0.25, 0.3) is 22.3 Å². The number of fused-ring (bicyclic) bond motifs is 1. The van der Waals surface area contributed by atoms with Crippen molar-refractivity contribution in [3.63, 3.8) is 0 Å². The van der Waals surface area contributed by atoms with Gasteiger partial charge in [-0.25, -0.2) is 28.5 Å². The Morgan fingerprint density at radius 3 is 2.77 bits per heavy atom. The number of esters is 1. The van der Waals surface area contributed by atoms with Crippen molar-refractivity contribution in [2.45, 2.75) is 6.92 Å². The van der Waals surface area contributed by atoms with Gasteiger partial charge in [-0.1, -0.05) is 0 Å². The molecule has 0 aliphatic rings. The van der Waals surface area contributed by atoms with Crippen molar-refractivity contribution in [1.29, 1.82) is 0 Å². The van der Waals surface area contributed by atoms with E-state index in [4.69, 9.17) is 4.74 Å². The monoisotopic (exact) mass is 406 g/mol. The van der Waals surface area contributed by atoms with Crippen LogP contribution in [-0.2, 0) is 4.74 Å². The van der Waals surface area contributed by atoms with Crippen molar-refractivity contribution in [3.05, 3.63) is 78.3 Å². The van der Waals surface area contributed by atoms with E-state index in [0.29, 0.717) is 22.4 Å². The van der Waals surface area contributed by atoms with Gasteiger partial charge in [-0.3, -0.25) is 0 Å². The molecular formula is C22H16F2N4O2. The van der Waals surface area contributed by atoms with Gasteiger partial charge in [-0.2, -0.15) is 0 Å². The molecule has 8 heteroatoms. The number of benzene rings is 1. The van der Waals surface area contributed by atoms with E-state index in [1.54, 1.807) is 43.5 Å². The number of hydrogen-bond donors (Lipinski definition) is 1. The third-order valence-electron chi connectivity index (χ3n) is 4.31. The molecule has 4 rings (SSSR count). The van der Waals surface area contributed by atoms with Crippen LogP contribution in [0.4, 0.5) is 20.2 Å². The zero-order valence-corrected chi connectivity index (χ0v) is 15.9. The number of aromatic nitrogens is 3. The molecule has 0 aliphatic heterocycles. The average molecular weight is 406 g/mol. The molecule has 0 aliphatic carbocycles. The molecule has 150 valence electrons. The van der Waals surface area contributed by atoms with E-state index < -0.39 is 17.6 Å². The van der Waals surface area contributed by atoms with Crippen molar-refractivity contribution in [2.24, 2.45) is 0 Å². The van der Waals surface area contributed by atoms with Crippen LogP contribution >= 0.6 is 0 Å². The second-order valence-electron chi connectivity index (χ2n) is 6.33. The molecule has 0 saturated carbocycles. The number of carbonyl (C=O) groups excluding carboxylic acids is 1. The molecule has 30 heavy (non-hydrogen) atoms. The zero-order chi connectivity index (χ0) is 21.1. The Hall–Kier alpha value is -3.94. The molecule has 3 aromatic heterocycles. The molecule has 1 aromatic carbocycles. The van der Waals surface area contributed by atoms with Gasteiger partial charge in [-0.15, -0.1) is 0 Å². The van der Waals surface area contributed by atoms with Gasteiger partial charge in [0.25, 0.3) is 0 Å². The standard InChI is InChI=1S/C22H16F2N4O2/c1-2-30-22(29)20-11-14(7-9-25-20)27-18-12-19(16-10-13(23)5-6-17(16)24)28-21-15(18)4-3-8-26-21/h3-12H,2H2,1H3,(H,25,26,27,28). The predicted molar refractivity (Wildman–Crippen MR) is 108 cm³/mol. The summed E-state index contributed by atoms with van der Waals surface area (Å²) >= 11 is 0. The summed E-state index contributed by atoms with van der Waals surface area (Å²) in [5.74, 6) is -1.71. The highest BCUT2D eigenvalue weighted by atomic mass is 19.1. The fourth-order valence-corrected chi connectivity index (χ4v) is 2.97. The first-order valence-electron chi connectivity index (χ1n) is 9.16. The number of hydrogen-bond acceptors (Lipinski definition) is 6. The molecule has 0 spiro atoms. The molecule has 4 aromatic rings. The first-order chi connectivity index (χ1) is 14.5. The molecule has 0 bridgehead atoms. The second-order valence-corrected chi connectivity index (χ2v) is 6.33. The van der Waals surface area contributed by atoms with Gasteiger partial charge >= 0.3 is 5.97 Å². The summed E-state index contributed by atoms with van der Waals surface area (Å²) in [5, 5.41) is 3.86. The molecule has 6 nitrogen and oxygen atoms in total. The number of anilines is 2. The van der Waals surface area contributed by atoms with Gasteiger partial charge in [-0.05, 0) is 55.5 Å². The van der Waals surface area contributed by atoms with E-state index in [9.17, 15) is 13.6 Å². The van der Waals surface area contributed by atoms with E-state index in [1.165, 1.54) is 6.20 Å². The van der Waals surface area contributed by atoms with Crippen molar-refractivity contribution in [3.8, 4) is 11.3 Å². The minimum absolute atomic E-state index is 0.0209. The molecule has 0 atom stereocenters. The van der Waals surface area contributed by atoms with E-state index in [1.807, 2.05) is 0 Å². The first kappa shape index (κ1) is 19.4. The molecule has 0 fully saturated rings. The quantitative estimate of drug-likeness (QED) is 0.476. The van der Waals surface area contributed by atoms with Gasteiger partial charge in [0.05, 0.1) is 18.0 Å². The molecule has 1 N–H and O–H groups in total. The second kappa shape index (κ2) is 8.20. The maximum Gasteiger partial charge on any atom is 0.356 e. The number of pyridine rings is 3. The summed E-state index contributed by atoms with van der Waals surface area (Å²) in [6.07, 6.45) is 3.04. The molecule has 0 amide bonds. The van der Waals surface area contributed by atoms with Crippen LogP contribution in [0.3, 0.4) is 0 Å². The molecule has 0 saturated heterocycles. The normalized spacial score (nSPS) is 10.8. The Balaban J connectivity index is 1.80. The Morgan fingerprint density at radius 1 is 1.07 bits per heavy atom. The number of nitrogens with zero attached hydrogens (tertiary/aromatic N) is 3. The van der Waals surface area contributed by atoms with Crippen LogP contribution < -0.4 is 5.32 Å². The SMILES string of the molecule is CCOC(=O)c1cc(Nc2cc(-c3cc(F)ccc3F)nc3ncccc23)ccn1. The van der Waals surface area contributed by atoms with Crippen molar-refractivity contribution < 1.29 is 18.3 Å². The third kappa shape index (κ3) is 3.93. The highest BCUT2D eigenvalue weighted by Gasteiger charge is 2.14. The minimum atomic E-state index is -0.598. The van der Waals surface area contributed by atoms with Crippen LogP contribution in [0, 0.1) is 11.6 Å². The molecule has 3 heterocycles. The first-order valence-corrected chi connectivity index (χ1v) is 9.16. The molecule has 0 unspecified atom stereocenters. The number of nitrogens with one attached hydrogen (secondary N) is 1. The summed E-state index contributed by atoms with van der Waals surface area (Å²) in [5.41, 5.74) is 1.88. The Morgan fingerprint density at radius 2 is 1.93 bits per heavy atom. The highest BCUT2D eigenvalue weighted by molar-refractivity contribution is 5.94. The van der Waals surface area contributed by atoms with Crippen LogP contribution in [0.2, 0.25) is 0 Å². The maximum atomic E-state index is 14.3. The van der Waals surface area contributed by atoms with E-state index >= 15 is 0 Å². The van der Waals surface area contributed by atoms with Gasteiger partial charge in [0.15, 0.2) is 5.65 Å². The summed E-state index contributed by atoms with van der Waals surface area (Å²) in [4.78, 5) is 24.6. The highest BCUT2D eigenvalue weighted by Crippen LogP contribution is 2.31. The van der Waals surface area contributed by atoms with Gasteiger partial charge < -0.3 is 10.1 Å².